The van der Waals surface area contributed by atoms with Crippen molar-refractivity contribution in [3.8, 4) is 0 Å². The van der Waals surface area contributed by atoms with Crippen LogP contribution in [0.2, 0.25) is 0 Å². The van der Waals surface area contributed by atoms with Gasteiger partial charge in [0.25, 0.3) is 5.56 Å². The lowest BCUT2D eigenvalue weighted by atomic mass is 9.85. The highest BCUT2D eigenvalue weighted by atomic mass is 19.4. The van der Waals surface area contributed by atoms with Crippen LogP contribution in [-0.4, -0.2) is 62.7 Å². The van der Waals surface area contributed by atoms with Gasteiger partial charge >= 0.3 is 12.1 Å². The van der Waals surface area contributed by atoms with Gasteiger partial charge in [-0.2, -0.15) is 17.6 Å². The summed E-state index contributed by atoms with van der Waals surface area (Å²) in [6, 6.07) is -0.491. The van der Waals surface area contributed by atoms with Gasteiger partial charge in [-0.25, -0.2) is 4.98 Å². The SMILES string of the molecule is CC(C)(C)[C@H](NC(=O)C(F)(F)F)C(=O)N1C[C@H]2[C@@H]([C@H]1C(=O)NC(C(N)=O)c1nc3ccccn3c(=O)c1F)C2(C)C. The van der Waals surface area contributed by atoms with Gasteiger partial charge in [0.05, 0.1) is 0 Å². The Labute approximate surface area is 231 Å². The number of carbonyl (C=O) groups is 4. The van der Waals surface area contributed by atoms with E-state index in [1.165, 1.54) is 45.2 Å². The molecule has 2 fully saturated rings. The summed E-state index contributed by atoms with van der Waals surface area (Å²) in [4.78, 5) is 69.1. The molecule has 2 aliphatic rings. The van der Waals surface area contributed by atoms with Crippen LogP contribution in [0.5, 0.6) is 0 Å². The molecule has 1 saturated carbocycles. The number of nitrogens with one attached hydrogen (secondary N) is 2. The summed E-state index contributed by atoms with van der Waals surface area (Å²) in [5.41, 5.74) is 1.95. The van der Waals surface area contributed by atoms with Gasteiger partial charge in [0.2, 0.25) is 23.5 Å². The quantitative estimate of drug-likeness (QED) is 0.433. The van der Waals surface area contributed by atoms with Gasteiger partial charge in [0, 0.05) is 12.7 Å². The Morgan fingerprint density at radius 2 is 1.76 bits per heavy atom. The van der Waals surface area contributed by atoms with Gasteiger partial charge in [-0.05, 0) is 34.8 Å². The molecule has 0 spiro atoms. The first-order valence-corrected chi connectivity index (χ1v) is 12.7. The van der Waals surface area contributed by atoms with Crippen LogP contribution in [0.15, 0.2) is 29.2 Å². The number of amides is 4. The molecule has 4 rings (SSSR count). The largest absolute Gasteiger partial charge is 0.471 e. The molecular weight excluding hydrogens is 552 g/mol. The predicted octanol–water partition coefficient (Wildman–Crippen LogP) is 1.05. The second-order valence-electron chi connectivity index (χ2n) is 12.0. The Morgan fingerprint density at radius 3 is 2.32 bits per heavy atom. The number of primary amides is 1. The van der Waals surface area contributed by atoms with E-state index in [9.17, 15) is 37.1 Å². The third-order valence-electron chi connectivity index (χ3n) is 7.96. The predicted molar refractivity (Wildman–Crippen MR) is 135 cm³/mol. The first-order chi connectivity index (χ1) is 18.8. The fourth-order valence-electron chi connectivity index (χ4n) is 5.62. The van der Waals surface area contributed by atoms with Crippen molar-refractivity contribution in [2.45, 2.75) is 58.9 Å². The van der Waals surface area contributed by atoms with E-state index in [-0.39, 0.29) is 18.1 Å². The highest BCUT2D eigenvalue weighted by Gasteiger charge is 2.70. The van der Waals surface area contributed by atoms with Crippen LogP contribution in [0, 0.1) is 28.5 Å². The number of piperidine rings is 1. The third-order valence-corrected chi connectivity index (χ3v) is 7.96. The number of nitrogens with zero attached hydrogens (tertiary/aromatic N) is 3. The monoisotopic (exact) mass is 582 g/mol. The van der Waals surface area contributed by atoms with E-state index < -0.39 is 81.7 Å². The summed E-state index contributed by atoms with van der Waals surface area (Å²) in [5.74, 6) is -7.52. The summed E-state index contributed by atoms with van der Waals surface area (Å²) in [6.07, 6.45) is -3.99. The van der Waals surface area contributed by atoms with E-state index >= 15 is 4.39 Å². The maximum absolute atomic E-state index is 15.1. The first kappa shape index (κ1) is 29.9. The van der Waals surface area contributed by atoms with Crippen LogP contribution in [0.1, 0.15) is 46.4 Å². The van der Waals surface area contributed by atoms with Gasteiger partial charge in [-0.1, -0.05) is 40.7 Å². The zero-order valence-electron chi connectivity index (χ0n) is 22.9. The fourth-order valence-corrected chi connectivity index (χ4v) is 5.62. The number of fused-ring (bicyclic) bond motifs is 2. The number of hydrogen-bond acceptors (Lipinski definition) is 6. The standard InChI is InChI=1S/C26H30F4N6O5/c1-24(2,3)18(34-23(41)26(28,29)30)22(40)36-10-11-13(25(11,4)5)17(36)20(38)33-16(19(31)37)15-14(27)21(39)35-9-7-6-8-12(35)32-15/h6-9,11,13,16-18H,10H2,1-5H3,(H2,31,37)(H,33,38)(H,34,41)/t11-,13-,16?,17-,18+/m0/s1. The Kier molecular flexibility index (Phi) is 7.16. The summed E-state index contributed by atoms with van der Waals surface area (Å²) < 4.78 is 55.1. The van der Waals surface area contributed by atoms with Crippen molar-refractivity contribution in [2.75, 3.05) is 6.54 Å². The summed E-state index contributed by atoms with van der Waals surface area (Å²) >= 11 is 0. The zero-order valence-corrected chi connectivity index (χ0v) is 22.9. The topological polar surface area (TPSA) is 156 Å². The second-order valence-corrected chi connectivity index (χ2v) is 12.0. The van der Waals surface area contributed by atoms with E-state index in [1.54, 1.807) is 5.32 Å². The van der Waals surface area contributed by atoms with Crippen molar-refractivity contribution in [1.82, 2.24) is 24.9 Å². The number of carbonyl (C=O) groups excluding carboxylic acids is 4. The van der Waals surface area contributed by atoms with Crippen LogP contribution in [0.25, 0.3) is 5.65 Å². The molecule has 3 heterocycles. The molecule has 1 aliphatic heterocycles. The minimum Gasteiger partial charge on any atom is -0.368 e. The zero-order chi connectivity index (χ0) is 30.8. The maximum Gasteiger partial charge on any atom is 0.471 e. The number of rotatable bonds is 6. The average Bonchev–Trinajstić information content (AvgIpc) is 3.19. The van der Waals surface area contributed by atoms with Crippen LogP contribution in [-0.2, 0) is 19.2 Å². The number of nitrogens with two attached hydrogens (primary N) is 1. The van der Waals surface area contributed by atoms with Crippen molar-refractivity contribution in [3.05, 3.63) is 46.3 Å². The van der Waals surface area contributed by atoms with Gasteiger partial charge in [0.15, 0.2) is 6.04 Å². The lowest BCUT2D eigenvalue weighted by molar-refractivity contribution is -0.176. The third kappa shape index (κ3) is 5.24. The van der Waals surface area contributed by atoms with E-state index in [0.29, 0.717) is 0 Å². The molecule has 0 bridgehead atoms. The van der Waals surface area contributed by atoms with Crippen LogP contribution < -0.4 is 21.9 Å². The Balaban J connectivity index is 1.68. The summed E-state index contributed by atoms with van der Waals surface area (Å²) in [7, 11) is 0. The Morgan fingerprint density at radius 1 is 1.12 bits per heavy atom. The molecular formula is C26H30F4N6O5. The molecule has 0 aromatic carbocycles. The second kappa shape index (κ2) is 9.80. The van der Waals surface area contributed by atoms with Crippen molar-refractivity contribution in [3.63, 3.8) is 0 Å². The number of aromatic nitrogens is 2. The molecule has 0 radical (unpaired) electrons. The normalized spacial score (nSPS) is 23.0. The number of alkyl halides is 3. The summed E-state index contributed by atoms with van der Waals surface area (Å²) in [6.45, 7) is 8.05. The van der Waals surface area contributed by atoms with Crippen molar-refractivity contribution in [2.24, 2.45) is 28.4 Å². The molecule has 1 saturated heterocycles. The Bertz CT molecular complexity index is 1500. The molecule has 11 nitrogen and oxygen atoms in total. The van der Waals surface area contributed by atoms with E-state index in [0.717, 1.165) is 9.30 Å². The molecule has 5 atom stereocenters. The molecule has 1 unspecified atom stereocenters. The van der Waals surface area contributed by atoms with Gasteiger partial charge in [0.1, 0.15) is 23.4 Å². The fraction of sp³-hybridized carbons (Fsp3) is 0.538. The van der Waals surface area contributed by atoms with Gasteiger partial charge < -0.3 is 21.3 Å². The first-order valence-electron chi connectivity index (χ1n) is 12.7. The minimum atomic E-state index is -5.25. The van der Waals surface area contributed by atoms with Crippen LogP contribution in [0.4, 0.5) is 17.6 Å². The van der Waals surface area contributed by atoms with Gasteiger partial charge in [-0.15, -0.1) is 0 Å². The number of hydrogen-bond donors (Lipinski definition) is 3. The van der Waals surface area contributed by atoms with E-state index in [2.05, 4.69) is 10.3 Å². The average molecular weight is 583 g/mol. The van der Waals surface area contributed by atoms with Crippen molar-refractivity contribution >= 4 is 29.3 Å². The molecule has 4 N–H and O–H groups in total. The molecule has 41 heavy (non-hydrogen) atoms. The molecule has 15 heteroatoms. The van der Waals surface area contributed by atoms with E-state index in [1.807, 2.05) is 13.8 Å². The van der Waals surface area contributed by atoms with E-state index in [4.69, 9.17) is 5.73 Å². The van der Waals surface area contributed by atoms with Crippen molar-refractivity contribution < 1.29 is 36.7 Å². The molecule has 2 aromatic heterocycles. The molecule has 222 valence electrons. The maximum atomic E-state index is 15.1. The number of likely N-dealkylation sites (tertiary alicyclic amines) is 1. The lowest BCUT2D eigenvalue weighted by Gasteiger charge is -2.38. The minimum absolute atomic E-state index is 0.00573. The Hall–Kier alpha value is -4.04. The van der Waals surface area contributed by atoms with Crippen molar-refractivity contribution in [1.29, 1.82) is 0 Å². The van der Waals surface area contributed by atoms with Crippen LogP contribution >= 0.6 is 0 Å². The lowest BCUT2D eigenvalue weighted by Crippen LogP contribution is -2.61. The van der Waals surface area contributed by atoms with Crippen LogP contribution in [0.3, 0.4) is 0 Å². The highest BCUT2D eigenvalue weighted by molar-refractivity contribution is 5.96. The van der Waals surface area contributed by atoms with Gasteiger partial charge in [-0.3, -0.25) is 28.4 Å². The molecule has 2 aromatic rings. The number of halogens is 4. The number of pyridine rings is 1. The molecule has 1 aliphatic carbocycles. The summed E-state index contributed by atoms with van der Waals surface area (Å²) in [5, 5.41) is 4.05. The highest BCUT2D eigenvalue weighted by Crippen LogP contribution is 2.65. The smallest absolute Gasteiger partial charge is 0.368 e. The molecule has 4 amide bonds.